The quantitative estimate of drug-likeness (QED) is 0.586. The fourth-order valence-corrected chi connectivity index (χ4v) is 1.40. The van der Waals surface area contributed by atoms with E-state index >= 15 is 0 Å². The van der Waals surface area contributed by atoms with E-state index in [1.165, 1.54) is 0 Å². The molecule has 0 saturated carbocycles. The zero-order chi connectivity index (χ0) is 13.9. The Balaban J connectivity index is 2.19. The maximum absolute atomic E-state index is 5.49. The summed E-state index contributed by atoms with van der Waals surface area (Å²) in [4.78, 5) is 0. The van der Waals surface area contributed by atoms with Crippen molar-refractivity contribution in [2.75, 3.05) is 45.3 Å². The molecule has 0 fully saturated rings. The van der Waals surface area contributed by atoms with Gasteiger partial charge in [0.2, 0.25) is 5.89 Å². The van der Waals surface area contributed by atoms with Gasteiger partial charge in [-0.2, -0.15) is 0 Å². The fraction of sp³-hybridized carbons (Fsp3) is 0.833. The first-order chi connectivity index (χ1) is 9.27. The van der Waals surface area contributed by atoms with Crippen molar-refractivity contribution in [3.8, 4) is 0 Å². The second kappa shape index (κ2) is 9.71. The average molecular weight is 272 g/mol. The molecule has 7 nitrogen and oxygen atoms in total. The van der Waals surface area contributed by atoms with Gasteiger partial charge in [-0.05, 0) is 19.9 Å². The summed E-state index contributed by atoms with van der Waals surface area (Å²) in [6.07, 6.45) is 1.07. The molecule has 0 radical (unpaired) electrons. The van der Waals surface area contributed by atoms with Crippen LogP contribution in [0.2, 0.25) is 0 Å². The van der Waals surface area contributed by atoms with Gasteiger partial charge < -0.3 is 24.5 Å². The molecule has 0 saturated heterocycles. The van der Waals surface area contributed by atoms with Gasteiger partial charge in [-0.1, -0.05) is 12.0 Å². The van der Waals surface area contributed by atoms with Crippen LogP contribution in [0.1, 0.15) is 32.2 Å². The largest absolute Gasteiger partial charge is 0.406 e. The Morgan fingerprint density at radius 2 is 2.05 bits per heavy atom. The number of nitrogens with zero attached hydrogens (tertiary/aromatic N) is 2. The molecule has 0 aliphatic heterocycles. The number of ether oxygens (including phenoxy) is 2. The van der Waals surface area contributed by atoms with Crippen molar-refractivity contribution in [3.63, 3.8) is 0 Å². The van der Waals surface area contributed by atoms with Gasteiger partial charge in [-0.25, -0.2) is 0 Å². The molecule has 0 aromatic carbocycles. The Kier molecular flexibility index (Phi) is 8.11. The highest BCUT2D eigenvalue weighted by molar-refractivity contribution is 5.16. The van der Waals surface area contributed by atoms with Crippen molar-refractivity contribution in [1.82, 2.24) is 15.5 Å². The molecule has 19 heavy (non-hydrogen) atoms. The number of rotatable bonds is 11. The molecular formula is C12H24N4O3. The monoisotopic (exact) mass is 272 g/mol. The van der Waals surface area contributed by atoms with E-state index in [-0.39, 0.29) is 6.04 Å². The third-order valence-electron chi connectivity index (χ3n) is 2.47. The van der Waals surface area contributed by atoms with Gasteiger partial charge in [0.15, 0.2) is 0 Å². The molecule has 1 aromatic heterocycles. The van der Waals surface area contributed by atoms with Crippen LogP contribution in [0.15, 0.2) is 4.42 Å². The van der Waals surface area contributed by atoms with Gasteiger partial charge in [0, 0.05) is 13.7 Å². The van der Waals surface area contributed by atoms with Crippen LogP contribution in [0.3, 0.4) is 0 Å². The van der Waals surface area contributed by atoms with Crippen molar-refractivity contribution >= 4 is 6.01 Å². The summed E-state index contributed by atoms with van der Waals surface area (Å²) in [5.41, 5.74) is 0. The summed E-state index contributed by atoms with van der Waals surface area (Å²) in [5, 5.41) is 14.2. The molecule has 1 rings (SSSR count). The lowest BCUT2D eigenvalue weighted by atomic mass is 10.3. The van der Waals surface area contributed by atoms with E-state index in [1.54, 1.807) is 7.11 Å². The Hall–Kier alpha value is -1.18. The van der Waals surface area contributed by atoms with Gasteiger partial charge in [0.05, 0.1) is 25.9 Å². The highest BCUT2D eigenvalue weighted by atomic mass is 16.5. The Labute approximate surface area is 114 Å². The van der Waals surface area contributed by atoms with Crippen molar-refractivity contribution < 1.29 is 13.9 Å². The fourth-order valence-electron chi connectivity index (χ4n) is 1.40. The van der Waals surface area contributed by atoms with Crippen molar-refractivity contribution in [2.45, 2.75) is 26.3 Å². The van der Waals surface area contributed by atoms with Crippen molar-refractivity contribution in [2.24, 2.45) is 0 Å². The topological polar surface area (TPSA) is 81.4 Å². The van der Waals surface area contributed by atoms with Crippen LogP contribution in [-0.4, -0.2) is 50.2 Å². The number of hydrogen-bond acceptors (Lipinski definition) is 7. The molecule has 1 atom stereocenters. The van der Waals surface area contributed by atoms with E-state index in [1.807, 2.05) is 6.92 Å². The summed E-state index contributed by atoms with van der Waals surface area (Å²) in [5.74, 6) is 0.594. The van der Waals surface area contributed by atoms with E-state index < -0.39 is 0 Å². The normalized spacial score (nSPS) is 12.6. The van der Waals surface area contributed by atoms with Crippen LogP contribution in [0.5, 0.6) is 0 Å². The van der Waals surface area contributed by atoms with E-state index in [9.17, 15) is 0 Å². The average Bonchev–Trinajstić information content (AvgIpc) is 2.89. The zero-order valence-electron chi connectivity index (χ0n) is 11.9. The van der Waals surface area contributed by atoms with Gasteiger partial charge in [0.1, 0.15) is 0 Å². The van der Waals surface area contributed by atoms with Crippen molar-refractivity contribution in [1.29, 1.82) is 0 Å². The molecule has 1 aromatic rings. The summed E-state index contributed by atoms with van der Waals surface area (Å²) in [7, 11) is 1.65. The lowest BCUT2D eigenvalue weighted by Gasteiger charge is -2.07. The number of anilines is 1. The maximum atomic E-state index is 5.49. The van der Waals surface area contributed by atoms with E-state index in [0.717, 1.165) is 13.0 Å². The Bertz CT molecular complexity index is 333. The lowest BCUT2D eigenvalue weighted by Crippen LogP contribution is -2.19. The first-order valence-electron chi connectivity index (χ1n) is 6.65. The minimum atomic E-state index is 0.0703. The predicted molar refractivity (Wildman–Crippen MR) is 72.2 cm³/mol. The predicted octanol–water partition coefficient (Wildman–Crippen LogP) is 1.21. The first-order valence-corrected chi connectivity index (χ1v) is 6.65. The second-order valence-electron chi connectivity index (χ2n) is 4.15. The summed E-state index contributed by atoms with van der Waals surface area (Å²) in [6.45, 7) is 7.44. The zero-order valence-corrected chi connectivity index (χ0v) is 11.9. The molecule has 0 aliphatic carbocycles. The maximum Gasteiger partial charge on any atom is 0.315 e. The highest BCUT2D eigenvalue weighted by Crippen LogP contribution is 2.13. The third-order valence-corrected chi connectivity index (χ3v) is 2.47. The number of nitrogens with one attached hydrogen (secondary N) is 2. The molecule has 0 aliphatic rings. The third kappa shape index (κ3) is 6.51. The Morgan fingerprint density at radius 1 is 1.21 bits per heavy atom. The Morgan fingerprint density at radius 3 is 2.79 bits per heavy atom. The molecule has 0 spiro atoms. The molecule has 1 heterocycles. The van der Waals surface area contributed by atoms with Crippen molar-refractivity contribution in [3.05, 3.63) is 5.89 Å². The second-order valence-corrected chi connectivity index (χ2v) is 4.15. The standard InChI is InChI=1S/C12H24N4O3/c1-4-5-13-10(2)11-15-16-12(19-11)14-6-7-18-9-8-17-3/h10,13H,4-9H2,1-3H3,(H,14,16). The summed E-state index contributed by atoms with van der Waals surface area (Å²) in [6, 6.07) is 0.497. The van der Waals surface area contributed by atoms with Gasteiger partial charge in [0.25, 0.3) is 0 Å². The van der Waals surface area contributed by atoms with Crippen LogP contribution in [0.25, 0.3) is 0 Å². The van der Waals surface area contributed by atoms with Crippen LogP contribution in [0, 0.1) is 0 Å². The van der Waals surface area contributed by atoms with Gasteiger partial charge in [-0.3, -0.25) is 0 Å². The highest BCUT2D eigenvalue weighted by Gasteiger charge is 2.12. The van der Waals surface area contributed by atoms with E-state index in [4.69, 9.17) is 13.9 Å². The lowest BCUT2D eigenvalue weighted by molar-refractivity contribution is 0.0757. The smallest absolute Gasteiger partial charge is 0.315 e. The number of methoxy groups -OCH3 is 1. The minimum Gasteiger partial charge on any atom is -0.406 e. The van der Waals surface area contributed by atoms with E-state index in [0.29, 0.717) is 38.3 Å². The molecule has 1 unspecified atom stereocenters. The van der Waals surface area contributed by atoms with Crippen LogP contribution < -0.4 is 10.6 Å². The first kappa shape index (κ1) is 15.9. The molecule has 110 valence electrons. The van der Waals surface area contributed by atoms with Gasteiger partial charge in [-0.15, -0.1) is 5.10 Å². The van der Waals surface area contributed by atoms with Crippen LogP contribution >= 0.6 is 0 Å². The number of hydrogen-bond donors (Lipinski definition) is 2. The summed E-state index contributed by atoms with van der Waals surface area (Å²) < 4.78 is 15.7. The SMILES string of the molecule is CCCNC(C)c1nnc(NCCOCCOC)o1. The molecule has 7 heteroatoms. The van der Waals surface area contributed by atoms with Crippen LogP contribution in [-0.2, 0) is 9.47 Å². The number of aromatic nitrogens is 2. The molecule has 0 bridgehead atoms. The molecular weight excluding hydrogens is 248 g/mol. The molecule has 2 N–H and O–H groups in total. The van der Waals surface area contributed by atoms with E-state index in [2.05, 4.69) is 27.8 Å². The van der Waals surface area contributed by atoms with Gasteiger partial charge >= 0.3 is 6.01 Å². The summed E-state index contributed by atoms with van der Waals surface area (Å²) >= 11 is 0. The van der Waals surface area contributed by atoms with Crippen LogP contribution in [0.4, 0.5) is 6.01 Å². The minimum absolute atomic E-state index is 0.0703. The molecule has 0 amide bonds.